The van der Waals surface area contributed by atoms with Gasteiger partial charge in [0.1, 0.15) is 18.1 Å². The predicted octanol–water partition coefficient (Wildman–Crippen LogP) is 2.12. The van der Waals surface area contributed by atoms with Gasteiger partial charge in [0.2, 0.25) is 5.91 Å². The minimum absolute atomic E-state index is 0.0231. The number of ether oxygens (including phenoxy) is 3. The Hall–Kier alpha value is -1.51. The summed E-state index contributed by atoms with van der Waals surface area (Å²) in [5.74, 6) is -0.255. The van der Waals surface area contributed by atoms with E-state index in [-0.39, 0.29) is 16.0 Å². The molecule has 138 valence electrons. The van der Waals surface area contributed by atoms with Crippen molar-refractivity contribution in [3.63, 3.8) is 0 Å². The highest BCUT2D eigenvalue weighted by Gasteiger charge is 2.31. The summed E-state index contributed by atoms with van der Waals surface area (Å²) in [5.41, 5.74) is 0. The molecule has 1 fully saturated rings. The van der Waals surface area contributed by atoms with E-state index in [1.165, 1.54) is 12.1 Å². The van der Waals surface area contributed by atoms with Gasteiger partial charge in [-0.1, -0.05) is 18.5 Å². The number of nitrogens with one attached hydrogen (secondary N) is 1. The van der Waals surface area contributed by atoms with Crippen LogP contribution in [-0.4, -0.2) is 40.2 Å². The van der Waals surface area contributed by atoms with Crippen molar-refractivity contribution in [3.8, 4) is 11.5 Å². The van der Waals surface area contributed by atoms with Gasteiger partial charge in [-0.25, -0.2) is 13.1 Å². The summed E-state index contributed by atoms with van der Waals surface area (Å²) in [4.78, 5) is 12.2. The molecule has 0 aliphatic carbocycles. The number of benzene rings is 1. The van der Waals surface area contributed by atoms with Crippen molar-refractivity contribution in [2.24, 2.45) is 5.92 Å². The van der Waals surface area contributed by atoms with E-state index < -0.39 is 21.8 Å². The van der Waals surface area contributed by atoms with Crippen LogP contribution in [0.25, 0.3) is 0 Å². The van der Waals surface area contributed by atoms with Crippen molar-refractivity contribution < 1.29 is 27.4 Å². The molecule has 0 saturated carbocycles. The second-order valence-electron chi connectivity index (χ2n) is 6.02. The average molecular weight is 390 g/mol. The van der Waals surface area contributed by atoms with Crippen molar-refractivity contribution in [1.29, 1.82) is 0 Å². The zero-order valence-corrected chi connectivity index (χ0v) is 15.4. The number of hydrogen-bond acceptors (Lipinski definition) is 6. The van der Waals surface area contributed by atoms with Crippen LogP contribution in [0.3, 0.4) is 0 Å². The van der Waals surface area contributed by atoms with E-state index in [1.807, 2.05) is 6.92 Å². The van der Waals surface area contributed by atoms with Crippen molar-refractivity contribution >= 4 is 27.5 Å². The Kier molecular flexibility index (Phi) is 5.41. The fraction of sp³-hybridized carbons (Fsp3) is 0.562. The lowest BCUT2D eigenvalue weighted by Crippen LogP contribution is -2.40. The first-order valence-corrected chi connectivity index (χ1v) is 10.0. The number of halogens is 1. The van der Waals surface area contributed by atoms with Crippen LogP contribution in [0.15, 0.2) is 17.0 Å². The molecule has 1 aromatic rings. The highest BCUT2D eigenvalue weighted by atomic mass is 35.5. The van der Waals surface area contributed by atoms with E-state index in [4.69, 9.17) is 25.8 Å². The van der Waals surface area contributed by atoms with Crippen LogP contribution in [-0.2, 0) is 19.6 Å². The first-order valence-electron chi connectivity index (χ1n) is 8.18. The van der Waals surface area contributed by atoms with E-state index in [2.05, 4.69) is 4.72 Å². The third-order valence-electron chi connectivity index (χ3n) is 4.31. The van der Waals surface area contributed by atoms with Crippen molar-refractivity contribution in [3.05, 3.63) is 17.2 Å². The molecule has 2 heterocycles. The average Bonchev–Trinajstić information content (AvgIpc) is 2.60. The summed E-state index contributed by atoms with van der Waals surface area (Å²) in [7, 11) is -4.11. The van der Waals surface area contributed by atoms with Crippen LogP contribution in [0.5, 0.6) is 11.5 Å². The van der Waals surface area contributed by atoms with Gasteiger partial charge < -0.3 is 14.2 Å². The van der Waals surface area contributed by atoms with Gasteiger partial charge in [0.25, 0.3) is 10.0 Å². The molecule has 2 atom stereocenters. The molecule has 9 heteroatoms. The molecule has 2 aliphatic heterocycles. The summed E-state index contributed by atoms with van der Waals surface area (Å²) in [6.45, 7) is 3.10. The SMILES string of the molecule is CCC1CC(C(=O)NS(=O)(=O)c2cc3c(cc2Cl)OCCO3)CCO1. The van der Waals surface area contributed by atoms with Crippen molar-refractivity contribution in [2.45, 2.75) is 37.2 Å². The van der Waals surface area contributed by atoms with E-state index in [0.717, 1.165) is 6.42 Å². The molecule has 0 radical (unpaired) electrons. The fourth-order valence-electron chi connectivity index (χ4n) is 2.92. The lowest BCUT2D eigenvalue weighted by molar-refractivity contribution is -0.128. The van der Waals surface area contributed by atoms with Crippen LogP contribution < -0.4 is 14.2 Å². The summed E-state index contributed by atoms with van der Waals surface area (Å²) < 4.78 is 43.6. The molecule has 25 heavy (non-hydrogen) atoms. The summed E-state index contributed by atoms with van der Waals surface area (Å²) >= 11 is 6.07. The van der Waals surface area contributed by atoms with Gasteiger partial charge in [0.15, 0.2) is 11.5 Å². The van der Waals surface area contributed by atoms with Gasteiger partial charge in [0, 0.05) is 24.7 Å². The maximum atomic E-state index is 12.6. The van der Waals surface area contributed by atoms with Gasteiger partial charge in [-0.15, -0.1) is 0 Å². The standard InChI is InChI=1S/C16H20ClNO6S/c1-2-11-7-10(3-4-22-11)16(19)18-25(20,21)15-9-14-13(8-12(15)17)23-5-6-24-14/h8-11H,2-7H2,1H3,(H,18,19). The molecule has 1 saturated heterocycles. The molecule has 7 nitrogen and oxygen atoms in total. The lowest BCUT2D eigenvalue weighted by Gasteiger charge is -2.28. The van der Waals surface area contributed by atoms with Crippen LogP contribution in [0.4, 0.5) is 0 Å². The highest BCUT2D eigenvalue weighted by molar-refractivity contribution is 7.90. The molecule has 0 spiro atoms. The van der Waals surface area contributed by atoms with E-state index in [0.29, 0.717) is 44.2 Å². The molecule has 2 unspecified atom stereocenters. The Balaban J connectivity index is 1.78. The molecular formula is C16H20ClNO6S. The number of fused-ring (bicyclic) bond motifs is 1. The molecule has 1 amide bonds. The van der Waals surface area contributed by atoms with Gasteiger partial charge in [-0.2, -0.15) is 0 Å². The first-order chi connectivity index (χ1) is 11.9. The smallest absolute Gasteiger partial charge is 0.265 e. The summed E-state index contributed by atoms with van der Waals surface area (Å²) in [5, 5.41) is -0.0250. The Morgan fingerprint density at radius 1 is 1.24 bits per heavy atom. The van der Waals surface area contributed by atoms with Crippen LogP contribution in [0, 0.1) is 5.92 Å². The van der Waals surface area contributed by atoms with Crippen LogP contribution in [0.2, 0.25) is 5.02 Å². The first kappa shape index (κ1) is 18.3. The minimum atomic E-state index is -4.11. The number of carbonyl (C=O) groups is 1. The predicted molar refractivity (Wildman–Crippen MR) is 90.5 cm³/mol. The number of carbonyl (C=O) groups excluding carboxylic acids is 1. The third-order valence-corrected chi connectivity index (χ3v) is 6.13. The normalized spacial score (nSPS) is 23.1. The molecule has 3 rings (SSSR count). The Morgan fingerprint density at radius 2 is 1.92 bits per heavy atom. The number of rotatable bonds is 4. The third kappa shape index (κ3) is 4.02. The summed E-state index contributed by atoms with van der Waals surface area (Å²) in [6, 6.07) is 2.67. The van der Waals surface area contributed by atoms with E-state index in [9.17, 15) is 13.2 Å². The van der Waals surface area contributed by atoms with Crippen LogP contribution in [0.1, 0.15) is 26.2 Å². The molecule has 0 bridgehead atoms. The van der Waals surface area contributed by atoms with E-state index in [1.54, 1.807) is 0 Å². The van der Waals surface area contributed by atoms with Crippen molar-refractivity contribution in [2.75, 3.05) is 19.8 Å². The highest BCUT2D eigenvalue weighted by Crippen LogP contribution is 2.37. The van der Waals surface area contributed by atoms with Gasteiger partial charge >= 0.3 is 0 Å². The Bertz CT molecular complexity index is 766. The monoisotopic (exact) mass is 389 g/mol. The molecule has 1 N–H and O–H groups in total. The number of amides is 1. The Labute approximate surface area is 151 Å². The second kappa shape index (κ2) is 7.39. The number of hydrogen-bond donors (Lipinski definition) is 1. The van der Waals surface area contributed by atoms with Gasteiger partial charge in [-0.3, -0.25) is 4.79 Å². The van der Waals surface area contributed by atoms with E-state index >= 15 is 0 Å². The molecule has 2 aliphatic rings. The minimum Gasteiger partial charge on any atom is -0.486 e. The quantitative estimate of drug-likeness (QED) is 0.848. The maximum absolute atomic E-state index is 12.6. The largest absolute Gasteiger partial charge is 0.486 e. The molecular weight excluding hydrogens is 370 g/mol. The molecule has 1 aromatic carbocycles. The lowest BCUT2D eigenvalue weighted by atomic mass is 9.94. The maximum Gasteiger partial charge on any atom is 0.265 e. The Morgan fingerprint density at radius 3 is 2.60 bits per heavy atom. The van der Waals surface area contributed by atoms with Crippen LogP contribution >= 0.6 is 11.6 Å². The van der Waals surface area contributed by atoms with Gasteiger partial charge in [0.05, 0.1) is 11.1 Å². The summed E-state index contributed by atoms with van der Waals surface area (Å²) in [6.07, 6.45) is 1.76. The van der Waals surface area contributed by atoms with Gasteiger partial charge in [-0.05, 0) is 19.3 Å². The zero-order chi connectivity index (χ0) is 18.0. The fourth-order valence-corrected chi connectivity index (χ4v) is 4.50. The molecule has 0 aromatic heterocycles. The number of sulfonamides is 1. The second-order valence-corrected chi connectivity index (χ2v) is 8.08. The topological polar surface area (TPSA) is 90.9 Å². The zero-order valence-electron chi connectivity index (χ0n) is 13.8. The van der Waals surface area contributed by atoms with Crippen molar-refractivity contribution in [1.82, 2.24) is 4.72 Å².